The number of hydrogen-bond acceptors (Lipinski definition) is 3. The van der Waals surface area contributed by atoms with E-state index in [0.29, 0.717) is 18.7 Å². The van der Waals surface area contributed by atoms with Crippen molar-refractivity contribution >= 4 is 5.91 Å². The Hall–Kier alpha value is -2.17. The van der Waals surface area contributed by atoms with Crippen molar-refractivity contribution in [3.05, 3.63) is 59.7 Å². The van der Waals surface area contributed by atoms with Crippen molar-refractivity contribution in [1.82, 2.24) is 5.32 Å². The molecule has 0 unspecified atom stereocenters. The first-order valence-corrected chi connectivity index (χ1v) is 8.77. The molecule has 1 saturated carbocycles. The van der Waals surface area contributed by atoms with Gasteiger partial charge in [0.25, 0.3) is 5.91 Å². The number of carbonyl (C=O) groups is 1. The van der Waals surface area contributed by atoms with Gasteiger partial charge < -0.3 is 15.8 Å². The molecule has 2 aromatic rings. The largest absolute Gasteiger partial charge is 0.380 e. The SMILES string of the molecule is COCc1ccc(-c2cc[c]cc2C(=O)NCC2(N)CCCC2)cc1. The molecule has 0 aromatic heterocycles. The molecule has 1 amide bonds. The third kappa shape index (κ3) is 4.27. The third-order valence-electron chi connectivity index (χ3n) is 4.88. The van der Waals surface area contributed by atoms with Gasteiger partial charge in [-0.15, -0.1) is 0 Å². The predicted molar refractivity (Wildman–Crippen MR) is 99.1 cm³/mol. The molecule has 0 saturated heterocycles. The minimum Gasteiger partial charge on any atom is -0.380 e. The van der Waals surface area contributed by atoms with E-state index in [4.69, 9.17) is 10.5 Å². The van der Waals surface area contributed by atoms with Crippen LogP contribution in [0.3, 0.4) is 0 Å². The molecule has 0 bridgehead atoms. The molecule has 25 heavy (non-hydrogen) atoms. The Morgan fingerprint density at radius 3 is 2.64 bits per heavy atom. The van der Waals surface area contributed by atoms with Gasteiger partial charge in [0, 0.05) is 24.8 Å². The number of carbonyl (C=O) groups excluding carboxylic acids is 1. The lowest BCUT2D eigenvalue weighted by Crippen LogP contribution is -2.48. The number of amides is 1. The maximum Gasteiger partial charge on any atom is 0.251 e. The van der Waals surface area contributed by atoms with Crippen molar-refractivity contribution in [2.45, 2.75) is 37.8 Å². The first kappa shape index (κ1) is 17.6. The molecule has 3 rings (SSSR count). The van der Waals surface area contributed by atoms with E-state index in [1.165, 1.54) is 0 Å². The van der Waals surface area contributed by atoms with E-state index in [9.17, 15) is 4.79 Å². The zero-order chi connectivity index (χ0) is 17.7. The highest BCUT2D eigenvalue weighted by Gasteiger charge is 2.29. The van der Waals surface area contributed by atoms with Gasteiger partial charge in [0.05, 0.1) is 6.61 Å². The van der Waals surface area contributed by atoms with Gasteiger partial charge in [-0.05, 0) is 41.7 Å². The third-order valence-corrected chi connectivity index (χ3v) is 4.88. The smallest absolute Gasteiger partial charge is 0.251 e. The lowest BCUT2D eigenvalue weighted by atomic mass is 9.97. The molecule has 2 aromatic carbocycles. The number of hydrogen-bond donors (Lipinski definition) is 2. The van der Waals surface area contributed by atoms with Gasteiger partial charge in [0.1, 0.15) is 0 Å². The Balaban J connectivity index is 1.76. The second-order valence-corrected chi connectivity index (χ2v) is 6.85. The summed E-state index contributed by atoms with van der Waals surface area (Å²) in [5.41, 5.74) is 9.73. The van der Waals surface area contributed by atoms with Crippen molar-refractivity contribution in [2.24, 2.45) is 5.73 Å². The molecule has 0 aliphatic heterocycles. The Morgan fingerprint density at radius 1 is 1.24 bits per heavy atom. The summed E-state index contributed by atoms with van der Waals surface area (Å²) in [6, 6.07) is 16.6. The number of rotatable bonds is 6. The minimum absolute atomic E-state index is 0.0930. The van der Waals surface area contributed by atoms with E-state index in [1.807, 2.05) is 36.4 Å². The van der Waals surface area contributed by atoms with Crippen LogP contribution >= 0.6 is 0 Å². The van der Waals surface area contributed by atoms with Crippen LogP contribution in [0.1, 0.15) is 41.6 Å². The molecule has 1 radical (unpaired) electrons. The lowest BCUT2D eigenvalue weighted by molar-refractivity contribution is 0.0944. The number of methoxy groups -OCH3 is 1. The Kier molecular flexibility index (Phi) is 5.51. The molecule has 0 atom stereocenters. The van der Waals surface area contributed by atoms with E-state index in [-0.39, 0.29) is 11.4 Å². The summed E-state index contributed by atoms with van der Waals surface area (Å²) in [5.74, 6) is -0.0930. The van der Waals surface area contributed by atoms with E-state index in [0.717, 1.165) is 42.4 Å². The zero-order valence-electron chi connectivity index (χ0n) is 14.7. The Morgan fingerprint density at radius 2 is 1.96 bits per heavy atom. The van der Waals surface area contributed by atoms with Crippen LogP contribution in [0.2, 0.25) is 0 Å². The van der Waals surface area contributed by atoms with Gasteiger partial charge in [-0.2, -0.15) is 0 Å². The summed E-state index contributed by atoms with van der Waals surface area (Å²) < 4.78 is 5.14. The van der Waals surface area contributed by atoms with Crippen molar-refractivity contribution in [3.63, 3.8) is 0 Å². The highest BCUT2D eigenvalue weighted by atomic mass is 16.5. The number of nitrogens with two attached hydrogens (primary N) is 1. The average Bonchev–Trinajstić information content (AvgIpc) is 3.08. The molecule has 131 valence electrons. The molecule has 4 heteroatoms. The van der Waals surface area contributed by atoms with Crippen LogP contribution in [0.15, 0.2) is 42.5 Å². The molecule has 1 fully saturated rings. The second-order valence-electron chi connectivity index (χ2n) is 6.85. The summed E-state index contributed by atoms with van der Waals surface area (Å²) in [6.45, 7) is 1.10. The number of nitrogens with one attached hydrogen (secondary N) is 1. The predicted octanol–water partition coefficient (Wildman–Crippen LogP) is 3.30. The van der Waals surface area contributed by atoms with E-state index < -0.39 is 0 Å². The Bertz CT molecular complexity index is 719. The van der Waals surface area contributed by atoms with Gasteiger partial charge >= 0.3 is 0 Å². The summed E-state index contributed by atoms with van der Waals surface area (Å²) >= 11 is 0. The van der Waals surface area contributed by atoms with Crippen LogP contribution < -0.4 is 11.1 Å². The topological polar surface area (TPSA) is 64.3 Å². The van der Waals surface area contributed by atoms with Crippen molar-refractivity contribution in [3.8, 4) is 11.1 Å². The highest BCUT2D eigenvalue weighted by molar-refractivity contribution is 6.00. The maximum absolute atomic E-state index is 12.7. The van der Waals surface area contributed by atoms with Gasteiger partial charge in [0.15, 0.2) is 0 Å². The van der Waals surface area contributed by atoms with Crippen LogP contribution in [0, 0.1) is 6.07 Å². The molecular weight excluding hydrogens is 312 g/mol. The molecule has 3 N–H and O–H groups in total. The van der Waals surface area contributed by atoms with Crippen LogP contribution in [-0.2, 0) is 11.3 Å². The first-order valence-electron chi connectivity index (χ1n) is 8.77. The monoisotopic (exact) mass is 337 g/mol. The Labute approximate surface area is 149 Å². The van der Waals surface area contributed by atoms with Crippen molar-refractivity contribution in [1.29, 1.82) is 0 Å². The summed E-state index contributed by atoms with van der Waals surface area (Å²) in [7, 11) is 1.68. The number of ether oxygens (including phenoxy) is 1. The standard InChI is InChI=1S/C21H25N2O2/c1-25-14-16-8-10-17(11-9-16)18-6-2-3-7-19(18)20(24)23-15-21(22)12-4-5-13-21/h2,6-11H,4-5,12-15,22H2,1H3,(H,23,24). The van der Waals surface area contributed by atoms with Crippen LogP contribution in [-0.4, -0.2) is 25.1 Å². The number of benzene rings is 2. The van der Waals surface area contributed by atoms with Gasteiger partial charge in [-0.1, -0.05) is 49.2 Å². The fraction of sp³-hybridized carbons (Fsp3) is 0.381. The van der Waals surface area contributed by atoms with Gasteiger partial charge in [-0.3, -0.25) is 4.79 Å². The maximum atomic E-state index is 12.7. The minimum atomic E-state index is -0.254. The van der Waals surface area contributed by atoms with Crippen LogP contribution in [0.4, 0.5) is 0 Å². The molecule has 0 heterocycles. The van der Waals surface area contributed by atoms with E-state index in [1.54, 1.807) is 13.2 Å². The average molecular weight is 337 g/mol. The molecule has 1 aliphatic carbocycles. The molecule has 4 nitrogen and oxygen atoms in total. The van der Waals surface area contributed by atoms with Crippen LogP contribution in [0.25, 0.3) is 11.1 Å². The lowest BCUT2D eigenvalue weighted by Gasteiger charge is -2.24. The molecule has 1 aliphatic rings. The van der Waals surface area contributed by atoms with Crippen molar-refractivity contribution in [2.75, 3.05) is 13.7 Å². The second kappa shape index (κ2) is 7.81. The van der Waals surface area contributed by atoms with E-state index >= 15 is 0 Å². The van der Waals surface area contributed by atoms with Gasteiger partial charge in [-0.25, -0.2) is 0 Å². The summed E-state index contributed by atoms with van der Waals surface area (Å²) in [5, 5.41) is 3.02. The fourth-order valence-corrected chi connectivity index (χ4v) is 3.42. The first-order chi connectivity index (χ1) is 12.1. The van der Waals surface area contributed by atoms with Crippen molar-refractivity contribution < 1.29 is 9.53 Å². The quantitative estimate of drug-likeness (QED) is 0.850. The molecular formula is C21H25N2O2. The van der Waals surface area contributed by atoms with Gasteiger partial charge in [0.2, 0.25) is 0 Å². The fourth-order valence-electron chi connectivity index (χ4n) is 3.42. The summed E-state index contributed by atoms with van der Waals surface area (Å²) in [4.78, 5) is 12.7. The zero-order valence-corrected chi connectivity index (χ0v) is 14.7. The van der Waals surface area contributed by atoms with E-state index in [2.05, 4.69) is 11.4 Å². The summed E-state index contributed by atoms with van der Waals surface area (Å²) in [6.07, 6.45) is 4.24. The normalized spacial score (nSPS) is 15.9. The van der Waals surface area contributed by atoms with Crippen LogP contribution in [0.5, 0.6) is 0 Å². The molecule has 0 spiro atoms. The highest BCUT2D eigenvalue weighted by Crippen LogP contribution is 2.27.